The standard InChI is InChI=1S/C13H10ClN3O4S/c1-20-8-3-4-9(21-2)12(17(18)19)11(8)7-5-16-6-10(14)22-13(16)15-7/h3-6H,1-2H3. The number of hydrogen-bond acceptors (Lipinski definition) is 6. The van der Waals surface area contributed by atoms with E-state index in [0.29, 0.717) is 20.7 Å². The number of imidazole rings is 1. The van der Waals surface area contributed by atoms with Crippen LogP contribution in [-0.4, -0.2) is 28.5 Å². The molecule has 0 N–H and O–H groups in total. The van der Waals surface area contributed by atoms with Crippen LogP contribution in [0.25, 0.3) is 16.2 Å². The van der Waals surface area contributed by atoms with Gasteiger partial charge in [0.2, 0.25) is 0 Å². The minimum absolute atomic E-state index is 0.148. The summed E-state index contributed by atoms with van der Waals surface area (Å²) in [7, 11) is 2.83. The molecule has 9 heteroatoms. The second kappa shape index (κ2) is 5.47. The third kappa shape index (κ3) is 2.26. The average molecular weight is 340 g/mol. The molecule has 0 saturated heterocycles. The zero-order chi connectivity index (χ0) is 15.9. The first kappa shape index (κ1) is 14.6. The maximum atomic E-state index is 11.5. The predicted molar refractivity (Wildman–Crippen MR) is 83.3 cm³/mol. The third-order valence-electron chi connectivity index (χ3n) is 3.11. The Bertz CT molecular complexity index is 842. The average Bonchev–Trinajstić information content (AvgIpc) is 3.02. The van der Waals surface area contributed by atoms with Crippen molar-refractivity contribution in [2.45, 2.75) is 0 Å². The molecule has 0 aliphatic carbocycles. The predicted octanol–water partition coefficient (Wildman–Crippen LogP) is 3.64. The monoisotopic (exact) mass is 339 g/mol. The highest BCUT2D eigenvalue weighted by molar-refractivity contribution is 7.20. The van der Waals surface area contributed by atoms with Crippen LogP contribution in [-0.2, 0) is 0 Å². The Morgan fingerprint density at radius 1 is 1.27 bits per heavy atom. The van der Waals surface area contributed by atoms with E-state index in [0.717, 1.165) is 0 Å². The van der Waals surface area contributed by atoms with Crippen LogP contribution in [0.15, 0.2) is 24.5 Å². The van der Waals surface area contributed by atoms with E-state index in [2.05, 4.69) is 4.98 Å². The molecule has 2 heterocycles. The van der Waals surface area contributed by atoms with Crippen LogP contribution in [0.3, 0.4) is 0 Å². The van der Waals surface area contributed by atoms with Gasteiger partial charge in [-0.15, -0.1) is 0 Å². The van der Waals surface area contributed by atoms with Crippen molar-refractivity contribution in [3.8, 4) is 22.8 Å². The third-order valence-corrected chi connectivity index (χ3v) is 4.22. The first-order valence-corrected chi connectivity index (χ1v) is 7.28. The van der Waals surface area contributed by atoms with Gasteiger partial charge >= 0.3 is 5.69 Å². The molecule has 0 saturated carbocycles. The summed E-state index contributed by atoms with van der Waals surface area (Å²) in [6.45, 7) is 0. The van der Waals surface area contributed by atoms with Crippen molar-refractivity contribution in [1.29, 1.82) is 0 Å². The highest BCUT2D eigenvalue weighted by Gasteiger charge is 2.28. The van der Waals surface area contributed by atoms with Crippen molar-refractivity contribution < 1.29 is 14.4 Å². The summed E-state index contributed by atoms with van der Waals surface area (Å²) < 4.78 is 12.6. The van der Waals surface area contributed by atoms with E-state index >= 15 is 0 Å². The number of nitro benzene ring substituents is 1. The van der Waals surface area contributed by atoms with Crippen LogP contribution >= 0.6 is 22.9 Å². The molecule has 22 heavy (non-hydrogen) atoms. The number of methoxy groups -OCH3 is 2. The Balaban J connectivity index is 2.30. The van der Waals surface area contributed by atoms with Gasteiger partial charge in [0, 0.05) is 12.4 Å². The molecule has 0 radical (unpaired) electrons. The molecule has 0 aliphatic rings. The number of thiazole rings is 1. The highest BCUT2D eigenvalue weighted by atomic mass is 35.5. The zero-order valence-electron chi connectivity index (χ0n) is 11.6. The molecule has 0 bridgehead atoms. The summed E-state index contributed by atoms with van der Waals surface area (Å²) >= 11 is 7.20. The number of halogens is 1. The number of ether oxygens (including phenoxy) is 2. The number of nitrogens with zero attached hydrogens (tertiary/aromatic N) is 3. The molecule has 0 spiro atoms. The van der Waals surface area contributed by atoms with Crippen molar-refractivity contribution in [1.82, 2.24) is 9.38 Å². The van der Waals surface area contributed by atoms with Gasteiger partial charge in [0.05, 0.1) is 19.1 Å². The summed E-state index contributed by atoms with van der Waals surface area (Å²) in [6, 6.07) is 3.11. The summed E-state index contributed by atoms with van der Waals surface area (Å²) in [5.74, 6) is 0.500. The first-order valence-electron chi connectivity index (χ1n) is 6.09. The maximum absolute atomic E-state index is 11.5. The summed E-state index contributed by atoms with van der Waals surface area (Å²) in [5, 5.41) is 11.5. The summed E-state index contributed by atoms with van der Waals surface area (Å²) in [5.41, 5.74) is 0.517. The highest BCUT2D eigenvalue weighted by Crippen LogP contribution is 2.44. The number of benzene rings is 1. The fourth-order valence-electron chi connectivity index (χ4n) is 2.21. The van der Waals surface area contributed by atoms with Crippen LogP contribution in [0.2, 0.25) is 4.34 Å². The molecular weight excluding hydrogens is 330 g/mol. The van der Waals surface area contributed by atoms with Crippen LogP contribution < -0.4 is 9.47 Å². The van der Waals surface area contributed by atoms with Crippen LogP contribution in [0, 0.1) is 10.1 Å². The Morgan fingerprint density at radius 2 is 1.95 bits per heavy atom. The molecule has 0 fully saturated rings. The van der Waals surface area contributed by atoms with E-state index in [-0.39, 0.29) is 17.0 Å². The molecule has 0 aliphatic heterocycles. The van der Waals surface area contributed by atoms with Crippen molar-refractivity contribution in [3.63, 3.8) is 0 Å². The van der Waals surface area contributed by atoms with Crippen LogP contribution in [0.4, 0.5) is 5.69 Å². The lowest BCUT2D eigenvalue weighted by atomic mass is 10.1. The minimum atomic E-state index is -0.503. The Morgan fingerprint density at radius 3 is 2.55 bits per heavy atom. The number of nitro groups is 1. The SMILES string of the molecule is COc1ccc(OC)c([N+](=O)[O-])c1-c1cn2cc(Cl)sc2n1. The molecule has 0 atom stereocenters. The lowest BCUT2D eigenvalue weighted by Gasteiger charge is -2.09. The van der Waals surface area contributed by atoms with Gasteiger partial charge in [0.1, 0.15) is 21.3 Å². The van der Waals surface area contributed by atoms with Gasteiger partial charge in [-0.2, -0.15) is 0 Å². The molecule has 0 amide bonds. The first-order chi connectivity index (χ1) is 10.5. The van der Waals surface area contributed by atoms with E-state index in [1.807, 2.05) is 0 Å². The number of rotatable bonds is 4. The van der Waals surface area contributed by atoms with Gasteiger partial charge in [0.25, 0.3) is 0 Å². The summed E-state index contributed by atoms with van der Waals surface area (Å²) in [4.78, 5) is 16.0. The lowest BCUT2D eigenvalue weighted by molar-refractivity contribution is -0.385. The number of hydrogen-bond donors (Lipinski definition) is 0. The maximum Gasteiger partial charge on any atom is 0.324 e. The second-order valence-electron chi connectivity index (χ2n) is 4.30. The quantitative estimate of drug-likeness (QED) is 0.535. The van der Waals surface area contributed by atoms with Gasteiger partial charge < -0.3 is 9.47 Å². The number of aromatic nitrogens is 2. The van der Waals surface area contributed by atoms with E-state index < -0.39 is 4.92 Å². The normalized spacial score (nSPS) is 10.9. The zero-order valence-corrected chi connectivity index (χ0v) is 13.1. The minimum Gasteiger partial charge on any atom is -0.496 e. The Hall–Kier alpha value is -2.32. The molecule has 3 aromatic rings. The van der Waals surface area contributed by atoms with Crippen molar-refractivity contribution in [3.05, 3.63) is 39.0 Å². The fourth-order valence-corrected chi connectivity index (χ4v) is 3.21. The van der Waals surface area contributed by atoms with E-state index in [9.17, 15) is 10.1 Å². The van der Waals surface area contributed by atoms with E-state index in [4.69, 9.17) is 21.1 Å². The molecule has 1 aromatic carbocycles. The Labute approximate surface area is 133 Å². The van der Waals surface area contributed by atoms with Gasteiger partial charge in [0.15, 0.2) is 10.7 Å². The fraction of sp³-hybridized carbons (Fsp3) is 0.154. The molecular formula is C13H10ClN3O4S. The Kier molecular flexibility index (Phi) is 3.63. The number of fused-ring (bicyclic) bond motifs is 1. The molecule has 0 unspecified atom stereocenters. The van der Waals surface area contributed by atoms with Gasteiger partial charge in [-0.25, -0.2) is 4.98 Å². The molecule has 114 valence electrons. The van der Waals surface area contributed by atoms with Crippen molar-refractivity contribution >= 4 is 33.6 Å². The second-order valence-corrected chi connectivity index (χ2v) is 5.94. The molecule has 2 aromatic heterocycles. The topological polar surface area (TPSA) is 78.9 Å². The largest absolute Gasteiger partial charge is 0.496 e. The van der Waals surface area contributed by atoms with Gasteiger partial charge in [-0.1, -0.05) is 22.9 Å². The van der Waals surface area contributed by atoms with Gasteiger partial charge in [-0.05, 0) is 12.1 Å². The van der Waals surface area contributed by atoms with Crippen LogP contribution in [0.5, 0.6) is 11.5 Å². The van der Waals surface area contributed by atoms with Crippen molar-refractivity contribution in [2.75, 3.05) is 14.2 Å². The molecule has 3 rings (SSSR count). The summed E-state index contributed by atoms with van der Waals surface area (Å²) in [6.07, 6.45) is 3.36. The molecule has 7 nitrogen and oxygen atoms in total. The lowest BCUT2D eigenvalue weighted by Crippen LogP contribution is -1.99. The van der Waals surface area contributed by atoms with Gasteiger partial charge in [-0.3, -0.25) is 14.5 Å². The van der Waals surface area contributed by atoms with E-state index in [1.54, 1.807) is 22.9 Å². The van der Waals surface area contributed by atoms with Crippen LogP contribution in [0.1, 0.15) is 0 Å². The van der Waals surface area contributed by atoms with Crippen molar-refractivity contribution in [2.24, 2.45) is 0 Å². The van der Waals surface area contributed by atoms with E-state index in [1.165, 1.54) is 31.6 Å². The smallest absolute Gasteiger partial charge is 0.324 e.